The molecule has 2 heteroatoms. The molecule has 1 N–H and O–H groups in total. The fourth-order valence-electron chi connectivity index (χ4n) is 1.60. The monoisotopic (exact) mass is 182 g/mol. The molecule has 76 valence electrons. The molecule has 0 spiro atoms. The Balaban J connectivity index is 4.21. The Hall–Kier alpha value is -0.550. The van der Waals surface area contributed by atoms with Crippen LogP contribution in [0.15, 0.2) is 0 Å². The molecule has 2 nitrogen and oxygen atoms in total. The van der Waals surface area contributed by atoms with Gasteiger partial charge in [0.2, 0.25) is 0 Å². The van der Waals surface area contributed by atoms with Crippen LogP contribution < -0.4 is 5.32 Å². The summed E-state index contributed by atoms with van der Waals surface area (Å²) < 4.78 is 0. The Morgan fingerprint density at radius 3 is 2.23 bits per heavy atom. The molecule has 0 radical (unpaired) electrons. The van der Waals surface area contributed by atoms with Gasteiger partial charge in [-0.3, -0.25) is 5.32 Å². The van der Waals surface area contributed by atoms with E-state index in [4.69, 9.17) is 5.26 Å². The molecule has 0 rings (SSSR count). The summed E-state index contributed by atoms with van der Waals surface area (Å²) in [6.45, 7) is 10.5. The van der Waals surface area contributed by atoms with Crippen LogP contribution in [0, 0.1) is 17.2 Å². The smallest absolute Gasteiger partial charge is 0.104 e. The van der Waals surface area contributed by atoms with E-state index in [1.807, 2.05) is 6.92 Å². The van der Waals surface area contributed by atoms with Crippen molar-refractivity contribution in [1.29, 1.82) is 5.26 Å². The number of nitriles is 1. The fourth-order valence-corrected chi connectivity index (χ4v) is 1.60. The van der Waals surface area contributed by atoms with Gasteiger partial charge in [-0.05, 0) is 32.6 Å². The van der Waals surface area contributed by atoms with E-state index in [-0.39, 0.29) is 5.54 Å². The highest BCUT2D eigenvalue weighted by molar-refractivity contribution is 5.04. The Morgan fingerprint density at radius 1 is 1.38 bits per heavy atom. The molecule has 0 saturated carbocycles. The zero-order valence-corrected chi connectivity index (χ0v) is 9.52. The molecular formula is C11H22N2. The van der Waals surface area contributed by atoms with Crippen molar-refractivity contribution < 1.29 is 0 Å². The second-order valence-corrected chi connectivity index (χ2v) is 4.50. The zero-order chi connectivity index (χ0) is 10.5. The van der Waals surface area contributed by atoms with E-state index in [0.717, 1.165) is 12.8 Å². The summed E-state index contributed by atoms with van der Waals surface area (Å²) in [7, 11) is 0. The van der Waals surface area contributed by atoms with Crippen molar-refractivity contribution in [2.45, 2.75) is 59.0 Å². The van der Waals surface area contributed by atoms with E-state index in [2.05, 4.69) is 39.1 Å². The van der Waals surface area contributed by atoms with Crippen molar-refractivity contribution >= 4 is 0 Å². The molecular weight excluding hydrogens is 160 g/mol. The summed E-state index contributed by atoms with van der Waals surface area (Å²) in [6, 6.07) is 2.78. The molecule has 0 aliphatic rings. The van der Waals surface area contributed by atoms with Crippen molar-refractivity contribution in [1.82, 2.24) is 5.32 Å². The van der Waals surface area contributed by atoms with Gasteiger partial charge in [0.25, 0.3) is 0 Å². The standard InChI is InChI=1S/C11H22N2/c1-6-10(4)13-11(5,8-12)7-9(2)3/h9-10,13H,6-7H2,1-5H3. The summed E-state index contributed by atoms with van der Waals surface area (Å²) in [5.41, 5.74) is -0.358. The lowest BCUT2D eigenvalue weighted by molar-refractivity contribution is 0.327. The summed E-state index contributed by atoms with van der Waals surface area (Å²) in [6.07, 6.45) is 1.98. The van der Waals surface area contributed by atoms with Gasteiger partial charge in [-0.15, -0.1) is 0 Å². The van der Waals surface area contributed by atoms with Crippen molar-refractivity contribution in [2.24, 2.45) is 5.92 Å². The molecule has 0 saturated heterocycles. The first-order valence-corrected chi connectivity index (χ1v) is 5.12. The van der Waals surface area contributed by atoms with Crippen LogP contribution in [-0.4, -0.2) is 11.6 Å². The quantitative estimate of drug-likeness (QED) is 0.709. The maximum absolute atomic E-state index is 9.07. The average molecular weight is 182 g/mol. The zero-order valence-electron chi connectivity index (χ0n) is 9.52. The van der Waals surface area contributed by atoms with Gasteiger partial charge in [-0.2, -0.15) is 5.26 Å². The van der Waals surface area contributed by atoms with Crippen LogP contribution in [0.25, 0.3) is 0 Å². The van der Waals surface area contributed by atoms with E-state index in [1.54, 1.807) is 0 Å². The molecule has 0 amide bonds. The highest BCUT2D eigenvalue weighted by atomic mass is 15.0. The van der Waals surface area contributed by atoms with Crippen molar-refractivity contribution in [3.8, 4) is 6.07 Å². The predicted molar refractivity (Wildman–Crippen MR) is 56.4 cm³/mol. The third-order valence-corrected chi connectivity index (χ3v) is 2.24. The van der Waals surface area contributed by atoms with Crippen LogP contribution in [0.1, 0.15) is 47.5 Å². The summed E-state index contributed by atoms with van der Waals surface area (Å²) >= 11 is 0. The van der Waals surface area contributed by atoms with Gasteiger partial charge >= 0.3 is 0 Å². The Bertz CT molecular complexity index is 181. The lowest BCUT2D eigenvalue weighted by Gasteiger charge is -2.28. The van der Waals surface area contributed by atoms with Gasteiger partial charge in [0.05, 0.1) is 6.07 Å². The number of hydrogen-bond acceptors (Lipinski definition) is 2. The second kappa shape index (κ2) is 5.24. The highest BCUT2D eigenvalue weighted by Gasteiger charge is 2.25. The third-order valence-electron chi connectivity index (χ3n) is 2.24. The SMILES string of the molecule is CCC(C)NC(C)(C#N)CC(C)C. The first-order chi connectivity index (χ1) is 5.93. The first kappa shape index (κ1) is 12.4. The molecule has 2 unspecified atom stereocenters. The van der Waals surface area contributed by atoms with E-state index in [0.29, 0.717) is 12.0 Å². The van der Waals surface area contributed by atoms with Crippen LogP contribution in [0.4, 0.5) is 0 Å². The number of nitrogens with zero attached hydrogens (tertiary/aromatic N) is 1. The van der Waals surface area contributed by atoms with Crippen LogP contribution in [-0.2, 0) is 0 Å². The number of hydrogen-bond donors (Lipinski definition) is 1. The van der Waals surface area contributed by atoms with Crippen molar-refractivity contribution in [3.63, 3.8) is 0 Å². The van der Waals surface area contributed by atoms with Crippen LogP contribution in [0.2, 0.25) is 0 Å². The van der Waals surface area contributed by atoms with Crippen LogP contribution in [0.5, 0.6) is 0 Å². The first-order valence-electron chi connectivity index (χ1n) is 5.12. The normalized spacial score (nSPS) is 17.9. The van der Waals surface area contributed by atoms with E-state index >= 15 is 0 Å². The van der Waals surface area contributed by atoms with Crippen molar-refractivity contribution in [2.75, 3.05) is 0 Å². The molecule has 0 aliphatic carbocycles. The lowest BCUT2D eigenvalue weighted by Crippen LogP contribution is -2.46. The molecule has 2 atom stereocenters. The number of nitrogens with one attached hydrogen (secondary N) is 1. The van der Waals surface area contributed by atoms with Crippen LogP contribution in [0.3, 0.4) is 0 Å². The molecule has 0 fully saturated rings. The molecule has 13 heavy (non-hydrogen) atoms. The Labute approximate surface area is 82.3 Å². The molecule has 0 aliphatic heterocycles. The van der Waals surface area contributed by atoms with Gasteiger partial charge in [0.1, 0.15) is 5.54 Å². The van der Waals surface area contributed by atoms with Gasteiger partial charge in [-0.25, -0.2) is 0 Å². The fraction of sp³-hybridized carbons (Fsp3) is 0.909. The van der Waals surface area contributed by atoms with E-state index in [9.17, 15) is 0 Å². The molecule has 0 aromatic heterocycles. The molecule has 0 bridgehead atoms. The topological polar surface area (TPSA) is 35.8 Å². The largest absolute Gasteiger partial charge is 0.297 e. The molecule has 0 aromatic carbocycles. The minimum absolute atomic E-state index is 0.358. The van der Waals surface area contributed by atoms with Gasteiger partial charge in [-0.1, -0.05) is 20.8 Å². The van der Waals surface area contributed by atoms with E-state index < -0.39 is 0 Å². The van der Waals surface area contributed by atoms with Crippen molar-refractivity contribution in [3.05, 3.63) is 0 Å². The minimum atomic E-state index is -0.358. The molecule has 0 heterocycles. The predicted octanol–water partition coefficient (Wildman–Crippen LogP) is 2.70. The second-order valence-electron chi connectivity index (χ2n) is 4.50. The van der Waals surface area contributed by atoms with Crippen LogP contribution >= 0.6 is 0 Å². The average Bonchev–Trinajstić information content (AvgIpc) is 2.02. The third kappa shape index (κ3) is 4.90. The highest BCUT2D eigenvalue weighted by Crippen LogP contribution is 2.16. The van der Waals surface area contributed by atoms with Gasteiger partial charge in [0.15, 0.2) is 0 Å². The minimum Gasteiger partial charge on any atom is -0.297 e. The molecule has 0 aromatic rings. The summed E-state index contributed by atoms with van der Waals surface area (Å²) in [4.78, 5) is 0. The summed E-state index contributed by atoms with van der Waals surface area (Å²) in [5.74, 6) is 0.557. The lowest BCUT2D eigenvalue weighted by atomic mass is 9.91. The Morgan fingerprint density at radius 2 is 1.92 bits per heavy atom. The Kier molecular flexibility index (Phi) is 5.02. The van der Waals surface area contributed by atoms with E-state index in [1.165, 1.54) is 0 Å². The number of rotatable bonds is 5. The maximum atomic E-state index is 9.07. The van der Waals surface area contributed by atoms with Gasteiger partial charge in [0, 0.05) is 6.04 Å². The van der Waals surface area contributed by atoms with Gasteiger partial charge < -0.3 is 0 Å². The maximum Gasteiger partial charge on any atom is 0.104 e. The summed E-state index contributed by atoms with van der Waals surface area (Å²) in [5, 5.41) is 12.4.